The van der Waals surface area contributed by atoms with E-state index in [0.29, 0.717) is 25.1 Å². The van der Waals surface area contributed by atoms with Crippen LogP contribution in [0.25, 0.3) is 0 Å². The first-order valence-electron chi connectivity index (χ1n) is 7.25. The minimum Gasteiger partial charge on any atom is -0.207 e. The lowest BCUT2D eigenvalue weighted by molar-refractivity contribution is 0.405. The molecule has 2 rings (SSSR count). The summed E-state index contributed by atoms with van der Waals surface area (Å²) in [6.07, 6.45) is 0.715. The first-order chi connectivity index (χ1) is 10.4. The Bertz CT molecular complexity index is 730. The highest BCUT2D eigenvalue weighted by molar-refractivity contribution is 7.89. The van der Waals surface area contributed by atoms with E-state index in [2.05, 4.69) is 0 Å². The highest BCUT2D eigenvalue weighted by Crippen LogP contribution is 2.22. The molecule has 0 unspecified atom stereocenters. The second kappa shape index (κ2) is 7.03. The maximum atomic E-state index is 13.2. The summed E-state index contributed by atoms with van der Waals surface area (Å²) in [7, 11) is -3.64. The predicted molar refractivity (Wildman–Crippen MR) is 85.5 cm³/mol. The van der Waals surface area contributed by atoms with Crippen LogP contribution in [-0.2, 0) is 16.6 Å². The van der Waals surface area contributed by atoms with Gasteiger partial charge in [-0.1, -0.05) is 37.3 Å². The van der Waals surface area contributed by atoms with E-state index >= 15 is 0 Å². The summed E-state index contributed by atoms with van der Waals surface area (Å²) in [5.41, 5.74) is 1.36. The lowest BCUT2D eigenvalue weighted by Crippen LogP contribution is -2.31. The number of aryl methyl sites for hydroxylation is 1. The molecule has 0 aliphatic carbocycles. The summed E-state index contributed by atoms with van der Waals surface area (Å²) in [5.74, 6) is -0.429. The van der Waals surface area contributed by atoms with E-state index in [1.807, 2.05) is 37.3 Å². The van der Waals surface area contributed by atoms with Gasteiger partial charge in [-0.25, -0.2) is 12.8 Å². The number of hydrogen-bond donors (Lipinski definition) is 0. The molecule has 0 amide bonds. The van der Waals surface area contributed by atoms with Gasteiger partial charge in [-0.15, -0.1) is 0 Å². The minimum absolute atomic E-state index is 0.165. The number of hydrogen-bond acceptors (Lipinski definition) is 2. The van der Waals surface area contributed by atoms with Gasteiger partial charge < -0.3 is 0 Å². The Labute approximate surface area is 131 Å². The van der Waals surface area contributed by atoms with E-state index in [4.69, 9.17) is 0 Å². The van der Waals surface area contributed by atoms with Crippen LogP contribution in [0.15, 0.2) is 53.4 Å². The molecule has 0 saturated carbocycles. The second-order valence-electron chi connectivity index (χ2n) is 5.23. The van der Waals surface area contributed by atoms with Gasteiger partial charge in [0.05, 0.1) is 4.90 Å². The lowest BCUT2D eigenvalue weighted by Gasteiger charge is -2.22. The number of nitrogens with zero attached hydrogens (tertiary/aromatic N) is 1. The zero-order valence-corrected chi connectivity index (χ0v) is 13.6. The first-order valence-corrected chi connectivity index (χ1v) is 8.69. The van der Waals surface area contributed by atoms with E-state index in [-0.39, 0.29) is 4.90 Å². The Morgan fingerprint density at radius 1 is 1.09 bits per heavy atom. The Morgan fingerprint density at radius 3 is 2.36 bits per heavy atom. The quantitative estimate of drug-likeness (QED) is 0.813. The van der Waals surface area contributed by atoms with Crippen LogP contribution in [-0.4, -0.2) is 19.3 Å². The molecule has 0 heterocycles. The molecule has 0 radical (unpaired) electrons. The average molecular weight is 321 g/mol. The SMILES string of the molecule is CCCN(Cc1ccccc1)S(=O)(=O)c1ccc(F)cc1C. The number of rotatable bonds is 6. The molecule has 2 aromatic rings. The summed E-state index contributed by atoms with van der Waals surface area (Å²) < 4.78 is 40.4. The fraction of sp³-hybridized carbons (Fsp3) is 0.294. The normalized spacial score (nSPS) is 11.8. The van der Waals surface area contributed by atoms with E-state index < -0.39 is 15.8 Å². The van der Waals surface area contributed by atoms with Crippen molar-refractivity contribution in [1.82, 2.24) is 4.31 Å². The lowest BCUT2D eigenvalue weighted by atomic mass is 10.2. The molecule has 0 fully saturated rings. The Kier molecular flexibility index (Phi) is 5.32. The van der Waals surface area contributed by atoms with E-state index in [0.717, 1.165) is 5.56 Å². The third kappa shape index (κ3) is 3.72. The maximum absolute atomic E-state index is 13.2. The predicted octanol–water partition coefficient (Wildman–Crippen LogP) is 3.74. The number of sulfonamides is 1. The third-order valence-electron chi connectivity index (χ3n) is 3.43. The van der Waals surface area contributed by atoms with Crippen molar-refractivity contribution in [3.63, 3.8) is 0 Å². The molecule has 0 saturated heterocycles. The fourth-order valence-corrected chi connectivity index (χ4v) is 4.09. The van der Waals surface area contributed by atoms with Crippen molar-refractivity contribution in [3.8, 4) is 0 Å². The average Bonchev–Trinajstić information content (AvgIpc) is 2.47. The monoisotopic (exact) mass is 321 g/mol. The zero-order chi connectivity index (χ0) is 16.2. The summed E-state index contributed by atoms with van der Waals surface area (Å²) in [6, 6.07) is 13.2. The molecule has 0 spiro atoms. The molecular formula is C17H20FNO2S. The molecule has 22 heavy (non-hydrogen) atoms. The number of halogens is 1. The van der Waals surface area contributed by atoms with Crippen LogP contribution in [0.4, 0.5) is 4.39 Å². The van der Waals surface area contributed by atoms with Gasteiger partial charge in [-0.05, 0) is 42.7 Å². The second-order valence-corrected chi connectivity index (χ2v) is 7.14. The van der Waals surface area contributed by atoms with Crippen molar-refractivity contribution in [2.24, 2.45) is 0 Å². The largest absolute Gasteiger partial charge is 0.243 e. The van der Waals surface area contributed by atoms with Crippen LogP contribution >= 0.6 is 0 Å². The van der Waals surface area contributed by atoms with Crippen LogP contribution in [0, 0.1) is 12.7 Å². The highest BCUT2D eigenvalue weighted by atomic mass is 32.2. The van der Waals surface area contributed by atoms with Gasteiger partial charge in [0.2, 0.25) is 10.0 Å². The van der Waals surface area contributed by atoms with Gasteiger partial charge in [-0.2, -0.15) is 4.31 Å². The first kappa shape index (κ1) is 16.6. The topological polar surface area (TPSA) is 37.4 Å². The summed E-state index contributed by atoms with van der Waals surface area (Å²) in [5, 5.41) is 0. The smallest absolute Gasteiger partial charge is 0.207 e. The summed E-state index contributed by atoms with van der Waals surface area (Å²) in [6.45, 7) is 4.29. The highest BCUT2D eigenvalue weighted by Gasteiger charge is 2.25. The zero-order valence-electron chi connectivity index (χ0n) is 12.8. The minimum atomic E-state index is -3.64. The Hall–Kier alpha value is -1.72. The van der Waals surface area contributed by atoms with Gasteiger partial charge in [-0.3, -0.25) is 0 Å². The molecule has 2 aromatic carbocycles. The van der Waals surface area contributed by atoms with Crippen LogP contribution in [0.5, 0.6) is 0 Å². The Balaban J connectivity index is 2.37. The molecule has 0 N–H and O–H groups in total. The molecule has 0 aliphatic heterocycles. The van der Waals surface area contributed by atoms with Gasteiger partial charge in [0.1, 0.15) is 5.82 Å². The molecule has 0 aromatic heterocycles. The fourth-order valence-electron chi connectivity index (χ4n) is 2.36. The van der Waals surface area contributed by atoms with Crippen molar-refractivity contribution < 1.29 is 12.8 Å². The Morgan fingerprint density at radius 2 is 1.77 bits per heavy atom. The standard InChI is InChI=1S/C17H20FNO2S/c1-3-11-19(13-15-7-5-4-6-8-15)22(20,21)17-10-9-16(18)12-14(17)2/h4-10,12H,3,11,13H2,1-2H3. The van der Waals surface area contributed by atoms with Crippen LogP contribution in [0.3, 0.4) is 0 Å². The van der Waals surface area contributed by atoms with Crippen molar-refractivity contribution in [2.75, 3.05) is 6.54 Å². The van der Waals surface area contributed by atoms with Crippen molar-refractivity contribution >= 4 is 10.0 Å². The van der Waals surface area contributed by atoms with Crippen LogP contribution < -0.4 is 0 Å². The van der Waals surface area contributed by atoms with E-state index in [1.165, 1.54) is 22.5 Å². The molecular weight excluding hydrogens is 301 g/mol. The van der Waals surface area contributed by atoms with Crippen LogP contribution in [0.2, 0.25) is 0 Å². The van der Waals surface area contributed by atoms with E-state index in [1.54, 1.807) is 6.92 Å². The molecule has 3 nitrogen and oxygen atoms in total. The molecule has 5 heteroatoms. The molecule has 0 atom stereocenters. The molecule has 0 bridgehead atoms. The van der Waals surface area contributed by atoms with E-state index in [9.17, 15) is 12.8 Å². The maximum Gasteiger partial charge on any atom is 0.243 e. The molecule has 0 aliphatic rings. The number of benzene rings is 2. The summed E-state index contributed by atoms with van der Waals surface area (Å²) in [4.78, 5) is 0.165. The summed E-state index contributed by atoms with van der Waals surface area (Å²) >= 11 is 0. The molecule has 118 valence electrons. The van der Waals surface area contributed by atoms with Crippen molar-refractivity contribution in [1.29, 1.82) is 0 Å². The van der Waals surface area contributed by atoms with Gasteiger partial charge in [0.15, 0.2) is 0 Å². The van der Waals surface area contributed by atoms with Crippen molar-refractivity contribution in [2.45, 2.75) is 31.7 Å². The van der Waals surface area contributed by atoms with Crippen molar-refractivity contribution in [3.05, 3.63) is 65.5 Å². The van der Waals surface area contributed by atoms with Gasteiger partial charge in [0.25, 0.3) is 0 Å². The van der Waals surface area contributed by atoms with Gasteiger partial charge in [0, 0.05) is 13.1 Å². The third-order valence-corrected chi connectivity index (χ3v) is 5.43. The van der Waals surface area contributed by atoms with Crippen LogP contribution in [0.1, 0.15) is 24.5 Å². The van der Waals surface area contributed by atoms with Gasteiger partial charge >= 0.3 is 0 Å².